The number of rotatable bonds is 9. The Balaban J connectivity index is 1.80. The van der Waals surface area contributed by atoms with E-state index in [-0.39, 0.29) is 29.5 Å². The van der Waals surface area contributed by atoms with Gasteiger partial charge in [-0.05, 0) is 50.6 Å². The van der Waals surface area contributed by atoms with Crippen molar-refractivity contribution in [3.8, 4) is 0 Å². The summed E-state index contributed by atoms with van der Waals surface area (Å²) in [6.07, 6.45) is 4.56. The first-order valence-corrected chi connectivity index (χ1v) is 12.3. The van der Waals surface area contributed by atoms with Crippen molar-refractivity contribution in [1.29, 1.82) is 0 Å². The van der Waals surface area contributed by atoms with E-state index in [0.717, 1.165) is 50.4 Å². The second-order valence-corrected chi connectivity index (χ2v) is 9.93. The lowest BCUT2D eigenvalue weighted by molar-refractivity contribution is 0.161. The van der Waals surface area contributed by atoms with Gasteiger partial charge < -0.3 is 15.3 Å². The van der Waals surface area contributed by atoms with Crippen LogP contribution in [0.5, 0.6) is 0 Å². The Kier molecular flexibility index (Phi) is 8.26. The Morgan fingerprint density at radius 3 is 2.72 bits per heavy atom. The van der Waals surface area contributed by atoms with Crippen LogP contribution in [0.3, 0.4) is 0 Å². The molecule has 2 atom stereocenters. The van der Waals surface area contributed by atoms with E-state index in [9.17, 15) is 17.2 Å². The number of likely N-dealkylation sites (N-methyl/N-ethyl adjacent to an activating group) is 1. The third-order valence-corrected chi connectivity index (χ3v) is 7.25. The summed E-state index contributed by atoms with van der Waals surface area (Å²) in [4.78, 5) is 4.95. The molecule has 1 saturated carbocycles. The van der Waals surface area contributed by atoms with Gasteiger partial charge in [0.1, 0.15) is 16.5 Å². The third-order valence-electron chi connectivity index (χ3n) is 5.57. The van der Waals surface area contributed by atoms with Crippen LogP contribution in [0.2, 0.25) is 5.02 Å². The zero-order valence-corrected chi connectivity index (χ0v) is 19.3. The fourth-order valence-electron chi connectivity index (χ4n) is 4.00. The number of pyridine rings is 1. The lowest BCUT2D eigenvalue weighted by atomic mass is 9.89. The Morgan fingerprint density at radius 2 is 2.00 bits per heavy atom. The molecule has 3 rings (SSSR count). The van der Waals surface area contributed by atoms with Gasteiger partial charge >= 0.3 is 0 Å². The number of nitrogens with zero attached hydrogens (tertiary/aromatic N) is 2. The third kappa shape index (κ3) is 6.06. The molecule has 1 fully saturated rings. The van der Waals surface area contributed by atoms with Gasteiger partial charge in [-0.3, -0.25) is 4.72 Å². The van der Waals surface area contributed by atoms with E-state index in [1.165, 1.54) is 12.1 Å². The number of halogens is 3. The number of benzene rings is 1. The molecular formula is C21H27ClF2N4O3S. The van der Waals surface area contributed by atoms with Crippen molar-refractivity contribution in [3.05, 3.63) is 47.1 Å². The summed E-state index contributed by atoms with van der Waals surface area (Å²) in [6.45, 7) is 0.847. The van der Waals surface area contributed by atoms with Gasteiger partial charge in [0.2, 0.25) is 5.95 Å². The number of hydrogen-bond donors (Lipinski definition) is 3. The lowest BCUT2D eigenvalue weighted by Gasteiger charge is -2.39. The first-order chi connectivity index (χ1) is 15.2. The molecule has 0 bridgehead atoms. The first-order valence-electron chi connectivity index (χ1n) is 10.4. The molecule has 1 aromatic carbocycles. The molecule has 32 heavy (non-hydrogen) atoms. The summed E-state index contributed by atoms with van der Waals surface area (Å²) in [5, 5.41) is 12.4. The minimum atomic E-state index is -4.37. The van der Waals surface area contributed by atoms with Crippen LogP contribution in [0.15, 0.2) is 35.2 Å². The minimum absolute atomic E-state index is 0.00131. The van der Waals surface area contributed by atoms with Crippen LogP contribution < -0.4 is 10.0 Å². The Hall–Kier alpha value is -2.01. The van der Waals surface area contributed by atoms with E-state index < -0.39 is 26.7 Å². The summed E-state index contributed by atoms with van der Waals surface area (Å²) in [5.74, 6) is -2.12. The van der Waals surface area contributed by atoms with Gasteiger partial charge in [0.05, 0.1) is 10.7 Å². The van der Waals surface area contributed by atoms with Crippen molar-refractivity contribution in [3.63, 3.8) is 0 Å². The monoisotopic (exact) mass is 488 g/mol. The highest BCUT2D eigenvalue weighted by Gasteiger charge is 2.29. The lowest BCUT2D eigenvalue weighted by Crippen LogP contribution is -2.47. The van der Waals surface area contributed by atoms with Crippen molar-refractivity contribution < 1.29 is 22.3 Å². The van der Waals surface area contributed by atoms with Crippen molar-refractivity contribution in [1.82, 2.24) is 9.88 Å². The molecule has 1 aromatic heterocycles. The van der Waals surface area contributed by atoms with Crippen LogP contribution in [-0.2, 0) is 10.0 Å². The van der Waals surface area contributed by atoms with Crippen LogP contribution >= 0.6 is 11.6 Å². The first kappa shape index (κ1) is 24.6. The van der Waals surface area contributed by atoms with E-state index in [2.05, 4.69) is 19.9 Å². The number of aromatic nitrogens is 1. The minimum Gasteiger partial charge on any atom is -0.396 e. The number of sulfonamides is 1. The van der Waals surface area contributed by atoms with E-state index in [0.29, 0.717) is 12.1 Å². The molecule has 11 heteroatoms. The summed E-state index contributed by atoms with van der Waals surface area (Å²) < 4.78 is 55.4. The second kappa shape index (κ2) is 10.7. The molecule has 1 aliphatic rings. The fourth-order valence-corrected chi connectivity index (χ4v) is 5.37. The standard InChI is InChI=1S/C21H27ClF2N4O3S/c1-28(10-5-11-29)18-7-3-2-6-16(18)25-17-13-15(23)19(12-14(17)22)32(30,31)27-21-9-4-8-20(24)26-21/h4,8-9,12-13,16,18,25,29H,2-3,5-7,10-11H2,1H3,(H,26,27)/t16-,18-/m0/s1. The highest BCUT2D eigenvalue weighted by atomic mass is 35.5. The number of aliphatic hydroxyl groups excluding tert-OH is 1. The van der Waals surface area contributed by atoms with E-state index in [4.69, 9.17) is 16.7 Å². The molecule has 1 aliphatic carbocycles. The zero-order chi connectivity index (χ0) is 23.3. The Morgan fingerprint density at radius 1 is 1.25 bits per heavy atom. The van der Waals surface area contributed by atoms with Gasteiger partial charge in [-0.2, -0.15) is 4.39 Å². The van der Waals surface area contributed by atoms with Gasteiger partial charge in [-0.15, -0.1) is 0 Å². The molecule has 0 saturated heterocycles. The number of aliphatic hydroxyl groups is 1. The van der Waals surface area contributed by atoms with Crippen molar-refractivity contribution in [2.45, 2.75) is 49.1 Å². The molecule has 7 nitrogen and oxygen atoms in total. The van der Waals surface area contributed by atoms with E-state index in [1.807, 2.05) is 7.05 Å². The fraction of sp³-hybridized carbons (Fsp3) is 0.476. The summed E-state index contributed by atoms with van der Waals surface area (Å²) in [5.41, 5.74) is 0.305. The highest BCUT2D eigenvalue weighted by molar-refractivity contribution is 7.92. The quantitative estimate of drug-likeness (QED) is 0.464. The predicted octanol–water partition coefficient (Wildman–Crippen LogP) is 3.85. The summed E-state index contributed by atoms with van der Waals surface area (Å²) in [6, 6.07) is 5.89. The van der Waals surface area contributed by atoms with Crippen LogP contribution in [0.1, 0.15) is 32.1 Å². The van der Waals surface area contributed by atoms with E-state index in [1.54, 1.807) is 0 Å². The molecule has 176 valence electrons. The summed E-state index contributed by atoms with van der Waals surface area (Å²) >= 11 is 6.32. The maximum Gasteiger partial charge on any atom is 0.266 e. The Labute approximate surface area is 191 Å². The van der Waals surface area contributed by atoms with Gasteiger partial charge in [-0.1, -0.05) is 30.5 Å². The molecule has 2 aromatic rings. The topological polar surface area (TPSA) is 94.6 Å². The molecule has 1 heterocycles. The smallest absolute Gasteiger partial charge is 0.266 e. The molecule has 0 radical (unpaired) electrons. The maximum absolute atomic E-state index is 14.8. The average Bonchev–Trinajstić information content (AvgIpc) is 2.74. The van der Waals surface area contributed by atoms with Crippen molar-refractivity contribution in [2.75, 3.05) is 30.2 Å². The highest BCUT2D eigenvalue weighted by Crippen LogP contribution is 2.32. The number of hydrogen-bond acceptors (Lipinski definition) is 6. The largest absolute Gasteiger partial charge is 0.396 e. The average molecular weight is 489 g/mol. The predicted molar refractivity (Wildman–Crippen MR) is 120 cm³/mol. The van der Waals surface area contributed by atoms with Gasteiger partial charge in [0.25, 0.3) is 10.0 Å². The van der Waals surface area contributed by atoms with Crippen LogP contribution in [-0.4, -0.2) is 55.7 Å². The van der Waals surface area contributed by atoms with Crippen LogP contribution in [0, 0.1) is 11.8 Å². The molecule has 0 aliphatic heterocycles. The molecule has 0 unspecified atom stereocenters. The molecule has 3 N–H and O–H groups in total. The summed E-state index contributed by atoms with van der Waals surface area (Å²) in [7, 11) is -2.38. The SMILES string of the molecule is CN(CCCO)[C@H]1CCCC[C@@H]1Nc1cc(F)c(S(=O)(=O)Nc2cccc(F)n2)cc1Cl. The van der Waals surface area contributed by atoms with Gasteiger partial charge in [0, 0.05) is 25.2 Å². The number of anilines is 2. The van der Waals surface area contributed by atoms with Crippen LogP contribution in [0.4, 0.5) is 20.3 Å². The van der Waals surface area contributed by atoms with Crippen LogP contribution in [0.25, 0.3) is 0 Å². The maximum atomic E-state index is 14.8. The van der Waals surface area contributed by atoms with Crippen molar-refractivity contribution >= 4 is 33.1 Å². The van der Waals surface area contributed by atoms with E-state index >= 15 is 0 Å². The molecule has 0 amide bonds. The van der Waals surface area contributed by atoms with Gasteiger partial charge in [-0.25, -0.2) is 17.8 Å². The molecular weight excluding hydrogens is 462 g/mol. The Bertz CT molecular complexity index is 1040. The van der Waals surface area contributed by atoms with Crippen molar-refractivity contribution in [2.24, 2.45) is 0 Å². The second-order valence-electron chi connectivity index (χ2n) is 7.87. The normalized spacial score (nSPS) is 19.2. The number of nitrogens with one attached hydrogen (secondary N) is 2. The molecule has 0 spiro atoms. The zero-order valence-electron chi connectivity index (χ0n) is 17.7. The van der Waals surface area contributed by atoms with Gasteiger partial charge in [0.15, 0.2) is 0 Å².